The van der Waals surface area contributed by atoms with Crippen molar-refractivity contribution in [3.8, 4) is 16.8 Å². The first kappa shape index (κ1) is 42.7. The topological polar surface area (TPSA) is 14.7 Å². The lowest BCUT2D eigenvalue weighted by Crippen LogP contribution is -2.14. The van der Waals surface area contributed by atoms with Gasteiger partial charge in [0.2, 0.25) is 0 Å². The normalized spacial score (nSPS) is 12.8. The first-order valence-corrected chi connectivity index (χ1v) is 24.8. The Hall–Kier alpha value is -8.60. The second-order valence-electron chi connectivity index (χ2n) is 18.4. The van der Waals surface area contributed by atoms with Crippen LogP contribution < -0.4 is 14.7 Å². The van der Waals surface area contributed by atoms with Gasteiger partial charge in [-0.2, -0.15) is 0 Å². The van der Waals surface area contributed by atoms with Gasteiger partial charge >= 0.3 is 0 Å². The van der Waals surface area contributed by atoms with Gasteiger partial charge in [0.1, 0.15) is 0 Å². The largest absolute Gasteiger partial charge is 0.310 e. The Kier molecular flexibility index (Phi) is 11.7. The van der Waals surface area contributed by atoms with Gasteiger partial charge < -0.3 is 19.3 Å². The Labute approximate surface area is 411 Å². The van der Waals surface area contributed by atoms with E-state index in [1.807, 2.05) is 0 Å². The van der Waals surface area contributed by atoms with Crippen molar-refractivity contribution in [3.05, 3.63) is 266 Å². The van der Waals surface area contributed by atoms with E-state index in [4.69, 9.17) is 0 Å². The zero-order valence-electron chi connectivity index (χ0n) is 39.2. The molecule has 1 fully saturated rings. The molecule has 0 aliphatic heterocycles. The Morgan fingerprint density at radius 3 is 1.21 bits per heavy atom. The molecular weight excluding hydrogens is 849 g/mol. The van der Waals surface area contributed by atoms with E-state index >= 15 is 0 Å². The van der Waals surface area contributed by atoms with E-state index in [9.17, 15) is 0 Å². The van der Waals surface area contributed by atoms with E-state index in [1.54, 1.807) is 0 Å². The van der Waals surface area contributed by atoms with Crippen molar-refractivity contribution in [1.82, 2.24) is 4.57 Å². The summed E-state index contributed by atoms with van der Waals surface area (Å²) in [5.41, 5.74) is 17.1. The lowest BCUT2D eigenvalue weighted by Gasteiger charge is -2.31. The van der Waals surface area contributed by atoms with Gasteiger partial charge in [-0.1, -0.05) is 165 Å². The van der Waals surface area contributed by atoms with Crippen LogP contribution in [-0.4, -0.2) is 4.57 Å². The van der Waals surface area contributed by atoms with Gasteiger partial charge in [-0.05, 0) is 151 Å². The maximum atomic E-state index is 2.46. The molecule has 12 rings (SSSR count). The van der Waals surface area contributed by atoms with E-state index in [-0.39, 0.29) is 0 Å². The predicted octanol–water partition coefficient (Wildman–Crippen LogP) is 18.9. The summed E-state index contributed by atoms with van der Waals surface area (Å²) in [6.07, 6.45) is 6.62. The molecule has 11 aromatic rings. The second kappa shape index (κ2) is 19.2. The minimum atomic E-state index is 0.667. The minimum absolute atomic E-state index is 0.667. The van der Waals surface area contributed by atoms with Crippen LogP contribution in [0.25, 0.3) is 38.6 Å². The highest BCUT2D eigenvalue weighted by Gasteiger charge is 2.23. The molecule has 0 radical (unpaired) electrons. The highest BCUT2D eigenvalue weighted by atomic mass is 15.2. The second-order valence-corrected chi connectivity index (χ2v) is 18.4. The first-order chi connectivity index (χ1) is 34.7. The summed E-state index contributed by atoms with van der Waals surface area (Å²) >= 11 is 0. The molecule has 1 aliphatic carbocycles. The zero-order chi connectivity index (χ0) is 46.6. The van der Waals surface area contributed by atoms with E-state index in [2.05, 4.69) is 280 Å². The Morgan fingerprint density at radius 1 is 0.314 bits per heavy atom. The van der Waals surface area contributed by atoms with Gasteiger partial charge in [0.15, 0.2) is 0 Å². The lowest BCUT2D eigenvalue weighted by atomic mass is 9.83. The van der Waals surface area contributed by atoms with Crippen molar-refractivity contribution in [1.29, 1.82) is 0 Å². The summed E-state index contributed by atoms with van der Waals surface area (Å²) in [6, 6.07) is 94.8. The van der Waals surface area contributed by atoms with E-state index in [0.29, 0.717) is 5.92 Å². The van der Waals surface area contributed by atoms with Crippen molar-refractivity contribution < 1.29 is 0 Å². The predicted molar refractivity (Wildman–Crippen MR) is 296 cm³/mol. The molecule has 0 amide bonds. The smallest absolute Gasteiger partial charge is 0.0562 e. The van der Waals surface area contributed by atoms with E-state index in [0.717, 1.165) is 62.4 Å². The zero-order valence-corrected chi connectivity index (χ0v) is 39.2. The number of para-hydroxylation sites is 5. The average Bonchev–Trinajstić information content (AvgIpc) is 3.77. The molecule has 1 heterocycles. The lowest BCUT2D eigenvalue weighted by molar-refractivity contribution is 0.443. The van der Waals surface area contributed by atoms with Gasteiger partial charge in [-0.25, -0.2) is 0 Å². The standard InChI is InChI=1S/C66H54N4/c1-7-22-49(23-8-1)50-40-42-51(43-41-50)62-38-21-39-64-66(62)63-45-44-61(48-65(63)70(64)56-32-17-6-18-33-56)69(59-36-19-34-57(46-59)67(52-24-9-2-10-25-52)53-26-11-3-12-27-53)60-37-20-35-58(47-60)68(54-28-13-4-14-29-54)55-30-15-5-16-31-55/h2-6,9-21,24-49H,1,7-8,22-23H2. The van der Waals surface area contributed by atoms with Crippen LogP contribution in [0.2, 0.25) is 0 Å². The summed E-state index contributed by atoms with van der Waals surface area (Å²) in [5.74, 6) is 0.667. The van der Waals surface area contributed by atoms with Crippen LogP contribution >= 0.6 is 0 Å². The number of hydrogen-bond donors (Lipinski definition) is 0. The molecule has 0 saturated heterocycles. The van der Waals surface area contributed by atoms with Crippen molar-refractivity contribution in [3.63, 3.8) is 0 Å². The van der Waals surface area contributed by atoms with Gasteiger partial charge in [-0.15, -0.1) is 0 Å². The van der Waals surface area contributed by atoms with Crippen LogP contribution in [-0.2, 0) is 0 Å². The number of rotatable bonds is 12. The minimum Gasteiger partial charge on any atom is -0.310 e. The third kappa shape index (κ3) is 8.28. The highest BCUT2D eigenvalue weighted by Crippen LogP contribution is 2.46. The number of fused-ring (bicyclic) bond motifs is 3. The summed E-state index contributed by atoms with van der Waals surface area (Å²) in [4.78, 5) is 7.10. The van der Waals surface area contributed by atoms with Crippen LogP contribution in [0, 0.1) is 0 Å². The molecule has 4 heteroatoms. The molecule has 10 aromatic carbocycles. The number of aromatic nitrogens is 1. The molecule has 1 aromatic heterocycles. The van der Waals surface area contributed by atoms with Gasteiger partial charge in [0.05, 0.1) is 11.0 Å². The molecular formula is C66H54N4. The number of nitrogens with zero attached hydrogens (tertiary/aromatic N) is 4. The molecule has 0 unspecified atom stereocenters. The summed E-state index contributed by atoms with van der Waals surface area (Å²) in [6.45, 7) is 0. The molecule has 1 saturated carbocycles. The number of anilines is 9. The van der Waals surface area contributed by atoms with Crippen molar-refractivity contribution >= 4 is 73.0 Å². The molecule has 4 nitrogen and oxygen atoms in total. The van der Waals surface area contributed by atoms with Gasteiger partial charge in [-0.3, -0.25) is 0 Å². The van der Waals surface area contributed by atoms with E-state index < -0.39 is 0 Å². The van der Waals surface area contributed by atoms with Crippen molar-refractivity contribution in [2.24, 2.45) is 0 Å². The van der Waals surface area contributed by atoms with Crippen LogP contribution in [0.5, 0.6) is 0 Å². The first-order valence-electron chi connectivity index (χ1n) is 24.8. The van der Waals surface area contributed by atoms with Crippen molar-refractivity contribution in [2.75, 3.05) is 14.7 Å². The van der Waals surface area contributed by atoms with Crippen LogP contribution in [0.4, 0.5) is 51.2 Å². The SMILES string of the molecule is c1ccc(N(c2ccccc2)c2cccc(N(c3cccc(N(c4ccccc4)c4ccccc4)c3)c3ccc4c5c(-c6ccc(C7CCCCC7)cc6)cccc5n(-c5ccccc5)c4c3)c2)cc1. The molecule has 0 spiro atoms. The molecule has 1 aliphatic rings. The van der Waals surface area contributed by atoms with Crippen LogP contribution in [0.15, 0.2) is 261 Å². The van der Waals surface area contributed by atoms with Gasteiger partial charge in [0.25, 0.3) is 0 Å². The quantitative estimate of drug-likeness (QED) is 0.121. The Morgan fingerprint density at radius 2 is 0.729 bits per heavy atom. The monoisotopic (exact) mass is 902 g/mol. The summed E-state index contributed by atoms with van der Waals surface area (Å²) in [7, 11) is 0. The highest BCUT2D eigenvalue weighted by molar-refractivity contribution is 6.16. The summed E-state index contributed by atoms with van der Waals surface area (Å²) in [5, 5.41) is 2.48. The fourth-order valence-electron chi connectivity index (χ4n) is 10.9. The average molecular weight is 903 g/mol. The van der Waals surface area contributed by atoms with E-state index in [1.165, 1.54) is 65.1 Å². The number of hydrogen-bond acceptors (Lipinski definition) is 3. The van der Waals surface area contributed by atoms with Crippen LogP contribution in [0.1, 0.15) is 43.6 Å². The Balaban J connectivity index is 1.06. The van der Waals surface area contributed by atoms with Crippen molar-refractivity contribution in [2.45, 2.75) is 38.0 Å². The van der Waals surface area contributed by atoms with Gasteiger partial charge in [0, 0.05) is 67.6 Å². The Bertz CT molecular complexity index is 3300. The molecule has 0 N–H and O–H groups in total. The maximum Gasteiger partial charge on any atom is 0.0562 e. The molecule has 0 atom stereocenters. The third-order valence-electron chi connectivity index (χ3n) is 14.1. The molecule has 0 bridgehead atoms. The summed E-state index contributed by atoms with van der Waals surface area (Å²) < 4.78 is 2.46. The van der Waals surface area contributed by atoms with Crippen LogP contribution in [0.3, 0.4) is 0 Å². The third-order valence-corrected chi connectivity index (χ3v) is 14.1. The fourth-order valence-corrected chi connectivity index (χ4v) is 10.9. The number of benzene rings is 10. The fraction of sp³-hybridized carbons (Fsp3) is 0.0909. The molecule has 70 heavy (non-hydrogen) atoms. The maximum absolute atomic E-state index is 2.46. The molecule has 338 valence electrons.